The molecule has 0 bridgehead atoms. The number of hydrogen-bond donors (Lipinski definition) is 0. The highest BCUT2D eigenvalue weighted by Crippen LogP contribution is 2.27. The van der Waals surface area contributed by atoms with Crippen molar-refractivity contribution in [1.82, 2.24) is 4.57 Å². The summed E-state index contributed by atoms with van der Waals surface area (Å²) >= 11 is 8.06. The standard InChI is InChI=1S/C14H9ClN2O2S3/c1-2-9-17-10-5-3-4-6-11(10)20-14(17)16-22(18,19)13-8-7-12(15)21-13/h1,3-8H,9H2. The highest BCUT2D eigenvalue weighted by Gasteiger charge is 2.16. The largest absolute Gasteiger partial charge is 0.304 e. The molecule has 1 aromatic carbocycles. The normalized spacial score (nSPS) is 12.6. The van der Waals surface area contributed by atoms with E-state index in [0.29, 0.717) is 9.14 Å². The van der Waals surface area contributed by atoms with Crippen molar-refractivity contribution in [3.05, 3.63) is 45.5 Å². The number of thiophene rings is 1. The molecule has 0 aliphatic heterocycles. The van der Waals surface area contributed by atoms with Gasteiger partial charge in [0.15, 0.2) is 0 Å². The Hall–Kier alpha value is -1.59. The van der Waals surface area contributed by atoms with Crippen LogP contribution in [0.3, 0.4) is 0 Å². The maximum atomic E-state index is 12.4. The van der Waals surface area contributed by atoms with Crippen LogP contribution in [0.2, 0.25) is 4.34 Å². The number of sulfonamides is 1. The fourth-order valence-corrected chi connectivity index (χ4v) is 5.61. The van der Waals surface area contributed by atoms with Gasteiger partial charge >= 0.3 is 0 Å². The summed E-state index contributed by atoms with van der Waals surface area (Å²) in [5, 5.41) is 0. The van der Waals surface area contributed by atoms with E-state index in [1.54, 1.807) is 4.57 Å². The molecule has 2 heterocycles. The summed E-state index contributed by atoms with van der Waals surface area (Å²) in [5.74, 6) is 2.53. The summed E-state index contributed by atoms with van der Waals surface area (Å²) < 4.78 is 31.8. The maximum Gasteiger partial charge on any atom is 0.294 e. The minimum absolute atomic E-state index is 0.113. The first kappa shape index (κ1) is 15.3. The quantitative estimate of drug-likeness (QED) is 0.666. The number of nitrogens with zero attached hydrogens (tertiary/aromatic N) is 2. The van der Waals surface area contributed by atoms with E-state index in [1.807, 2.05) is 24.3 Å². The van der Waals surface area contributed by atoms with Gasteiger partial charge in [0.05, 0.1) is 21.1 Å². The lowest BCUT2D eigenvalue weighted by Gasteiger charge is -1.99. The lowest BCUT2D eigenvalue weighted by atomic mass is 10.3. The first-order chi connectivity index (χ1) is 10.5. The number of benzene rings is 1. The van der Waals surface area contributed by atoms with Crippen LogP contribution in [0.25, 0.3) is 10.2 Å². The second-order valence-corrected chi connectivity index (χ2v) is 8.82. The molecule has 0 atom stereocenters. The number of hydrogen-bond acceptors (Lipinski definition) is 4. The van der Waals surface area contributed by atoms with Gasteiger partial charge in [-0.1, -0.05) is 41.0 Å². The third-order valence-corrected chi connectivity index (χ3v) is 6.98. The van der Waals surface area contributed by atoms with Crippen molar-refractivity contribution in [2.24, 2.45) is 4.40 Å². The van der Waals surface area contributed by atoms with Gasteiger partial charge in [0.25, 0.3) is 10.0 Å². The minimum Gasteiger partial charge on any atom is -0.304 e. The van der Waals surface area contributed by atoms with Crippen molar-refractivity contribution in [1.29, 1.82) is 0 Å². The number of fused-ring (bicyclic) bond motifs is 1. The summed E-state index contributed by atoms with van der Waals surface area (Å²) in [4.78, 5) is 0.351. The van der Waals surface area contributed by atoms with Crippen molar-refractivity contribution in [2.45, 2.75) is 10.8 Å². The van der Waals surface area contributed by atoms with Gasteiger partial charge in [-0.2, -0.15) is 8.42 Å². The highest BCUT2D eigenvalue weighted by atomic mass is 35.5. The molecule has 3 aromatic rings. The maximum absolute atomic E-state index is 12.4. The lowest BCUT2D eigenvalue weighted by molar-refractivity contribution is 0.598. The Morgan fingerprint density at radius 3 is 2.68 bits per heavy atom. The van der Waals surface area contributed by atoms with E-state index in [9.17, 15) is 8.42 Å². The molecule has 0 saturated carbocycles. The molecule has 0 spiro atoms. The van der Waals surface area contributed by atoms with Crippen LogP contribution in [0.15, 0.2) is 45.0 Å². The molecule has 22 heavy (non-hydrogen) atoms. The molecule has 0 aliphatic rings. The SMILES string of the molecule is C#CCn1c(=NS(=O)(=O)c2ccc(Cl)s2)sc2ccccc21. The number of aromatic nitrogens is 1. The average molecular weight is 369 g/mol. The number of para-hydroxylation sites is 1. The Bertz CT molecular complexity index is 1050. The fourth-order valence-electron chi connectivity index (χ4n) is 1.92. The molecular weight excluding hydrogens is 360 g/mol. The zero-order chi connectivity index (χ0) is 15.7. The molecule has 0 N–H and O–H groups in total. The zero-order valence-electron chi connectivity index (χ0n) is 11.1. The molecule has 0 aliphatic carbocycles. The molecule has 0 unspecified atom stereocenters. The number of rotatable bonds is 3. The molecule has 0 fully saturated rings. The molecule has 2 aromatic heterocycles. The van der Waals surface area contributed by atoms with E-state index in [0.717, 1.165) is 21.6 Å². The van der Waals surface area contributed by atoms with Crippen molar-refractivity contribution in [2.75, 3.05) is 0 Å². The lowest BCUT2D eigenvalue weighted by Crippen LogP contribution is -2.16. The van der Waals surface area contributed by atoms with Crippen LogP contribution in [-0.2, 0) is 16.6 Å². The van der Waals surface area contributed by atoms with Crippen molar-refractivity contribution < 1.29 is 8.42 Å². The summed E-state index contributed by atoms with van der Waals surface area (Å²) in [6, 6.07) is 10.5. The predicted octanol–water partition coefficient (Wildman–Crippen LogP) is 3.34. The smallest absolute Gasteiger partial charge is 0.294 e. The average Bonchev–Trinajstić information content (AvgIpc) is 3.05. The first-order valence-electron chi connectivity index (χ1n) is 6.09. The summed E-state index contributed by atoms with van der Waals surface area (Å²) in [6.45, 7) is 0.254. The molecule has 0 amide bonds. The predicted molar refractivity (Wildman–Crippen MR) is 90.7 cm³/mol. The van der Waals surface area contributed by atoms with E-state index in [2.05, 4.69) is 10.3 Å². The van der Waals surface area contributed by atoms with Gasteiger partial charge in [-0.25, -0.2) is 0 Å². The van der Waals surface area contributed by atoms with Gasteiger partial charge < -0.3 is 4.57 Å². The van der Waals surface area contributed by atoms with E-state index >= 15 is 0 Å². The first-order valence-corrected chi connectivity index (χ1v) is 9.54. The van der Waals surface area contributed by atoms with Crippen molar-refractivity contribution >= 4 is 54.5 Å². The number of halogens is 1. The summed E-state index contributed by atoms with van der Waals surface area (Å²) in [5.41, 5.74) is 0.864. The molecule has 0 saturated heterocycles. The fraction of sp³-hybridized carbons (Fsp3) is 0.0714. The van der Waals surface area contributed by atoms with E-state index < -0.39 is 10.0 Å². The van der Waals surface area contributed by atoms with Gasteiger partial charge in [0.2, 0.25) is 4.80 Å². The second-order valence-electron chi connectivity index (χ2n) is 4.27. The van der Waals surface area contributed by atoms with Crippen LogP contribution >= 0.6 is 34.3 Å². The third kappa shape index (κ3) is 2.83. The number of terminal acetylenes is 1. The molecule has 4 nitrogen and oxygen atoms in total. The van der Waals surface area contributed by atoms with Crippen molar-refractivity contribution in [3.8, 4) is 12.3 Å². The summed E-state index contributed by atoms with van der Waals surface area (Å²) in [6.07, 6.45) is 5.39. The topological polar surface area (TPSA) is 51.4 Å². The molecule has 0 radical (unpaired) electrons. The molecule has 112 valence electrons. The Kier molecular flexibility index (Phi) is 4.10. The van der Waals surface area contributed by atoms with Crippen LogP contribution in [0.1, 0.15) is 0 Å². The van der Waals surface area contributed by atoms with Crippen LogP contribution in [0, 0.1) is 12.3 Å². The van der Waals surface area contributed by atoms with Crippen LogP contribution < -0.4 is 4.80 Å². The Morgan fingerprint density at radius 1 is 1.23 bits per heavy atom. The Labute approximate surface area is 140 Å². The van der Waals surface area contributed by atoms with E-state index in [-0.39, 0.29) is 10.8 Å². The van der Waals surface area contributed by atoms with Gasteiger partial charge in [-0.15, -0.1) is 22.2 Å². The van der Waals surface area contributed by atoms with Crippen LogP contribution in [-0.4, -0.2) is 13.0 Å². The summed E-state index contributed by atoms with van der Waals surface area (Å²) in [7, 11) is -3.80. The van der Waals surface area contributed by atoms with E-state index in [1.165, 1.54) is 23.5 Å². The zero-order valence-corrected chi connectivity index (χ0v) is 14.3. The monoisotopic (exact) mass is 368 g/mol. The highest BCUT2D eigenvalue weighted by molar-refractivity contribution is 7.92. The third-order valence-electron chi connectivity index (χ3n) is 2.84. The molecule has 8 heteroatoms. The van der Waals surface area contributed by atoms with E-state index in [4.69, 9.17) is 18.0 Å². The van der Waals surface area contributed by atoms with Gasteiger partial charge in [-0.3, -0.25) is 0 Å². The van der Waals surface area contributed by atoms with Crippen molar-refractivity contribution in [3.63, 3.8) is 0 Å². The minimum atomic E-state index is -3.80. The van der Waals surface area contributed by atoms with Crippen LogP contribution in [0.5, 0.6) is 0 Å². The Balaban J connectivity index is 2.25. The molecule has 3 rings (SSSR count). The molecular formula is C14H9ClN2O2S3. The van der Waals surface area contributed by atoms with Gasteiger partial charge in [0, 0.05) is 0 Å². The number of thiazole rings is 1. The Morgan fingerprint density at radius 2 is 2.00 bits per heavy atom. The van der Waals surface area contributed by atoms with Gasteiger partial charge in [0.1, 0.15) is 4.21 Å². The second kappa shape index (κ2) is 5.89. The van der Waals surface area contributed by atoms with Gasteiger partial charge in [-0.05, 0) is 24.3 Å². The van der Waals surface area contributed by atoms with Crippen LogP contribution in [0.4, 0.5) is 0 Å².